The highest BCUT2D eigenvalue weighted by atomic mass is 32.2. The van der Waals surface area contributed by atoms with Gasteiger partial charge in [0.2, 0.25) is 10.0 Å². The van der Waals surface area contributed by atoms with Crippen LogP contribution in [0.3, 0.4) is 0 Å². The molecular weight excluding hydrogens is 252 g/mol. The minimum absolute atomic E-state index is 0.00148. The molecule has 1 atom stereocenters. The number of benzene rings is 1. The lowest BCUT2D eigenvalue weighted by Crippen LogP contribution is -2.29. The predicted octanol–water partition coefficient (Wildman–Crippen LogP) is 0.943. The van der Waals surface area contributed by atoms with Gasteiger partial charge in [-0.25, -0.2) is 13.6 Å². The Labute approximate surface area is 108 Å². The molecule has 18 heavy (non-hydrogen) atoms. The summed E-state index contributed by atoms with van der Waals surface area (Å²) in [6.07, 6.45) is 0. The Morgan fingerprint density at radius 3 is 2.67 bits per heavy atom. The molecule has 0 aliphatic carbocycles. The SMILES string of the molecule is COc1ccc(C)cc1C(C)NCCS(N)(=O)=O. The van der Waals surface area contributed by atoms with E-state index in [4.69, 9.17) is 9.88 Å². The molecule has 5 nitrogen and oxygen atoms in total. The lowest BCUT2D eigenvalue weighted by atomic mass is 10.0. The average molecular weight is 272 g/mol. The van der Waals surface area contributed by atoms with Gasteiger partial charge >= 0.3 is 0 Å². The monoisotopic (exact) mass is 272 g/mol. The number of aryl methyl sites for hydroxylation is 1. The van der Waals surface area contributed by atoms with Crippen LogP contribution in [-0.2, 0) is 10.0 Å². The first-order valence-corrected chi connectivity index (χ1v) is 7.43. The zero-order valence-corrected chi connectivity index (χ0v) is 11.8. The summed E-state index contributed by atoms with van der Waals surface area (Å²) in [5, 5.41) is 8.07. The normalized spacial score (nSPS) is 13.3. The topological polar surface area (TPSA) is 81.4 Å². The number of sulfonamides is 1. The van der Waals surface area contributed by atoms with Crippen molar-refractivity contribution in [2.24, 2.45) is 5.14 Å². The van der Waals surface area contributed by atoms with Gasteiger partial charge < -0.3 is 10.1 Å². The van der Waals surface area contributed by atoms with Gasteiger partial charge in [-0.2, -0.15) is 0 Å². The Bertz CT molecular complexity index is 500. The smallest absolute Gasteiger partial charge is 0.210 e. The van der Waals surface area contributed by atoms with Crippen molar-refractivity contribution in [1.82, 2.24) is 5.32 Å². The number of nitrogens with one attached hydrogen (secondary N) is 1. The summed E-state index contributed by atoms with van der Waals surface area (Å²) in [6.45, 7) is 4.28. The van der Waals surface area contributed by atoms with E-state index in [0.717, 1.165) is 16.9 Å². The summed E-state index contributed by atoms with van der Waals surface area (Å²) in [6, 6.07) is 5.90. The molecule has 0 heterocycles. The molecule has 1 rings (SSSR count). The van der Waals surface area contributed by atoms with Crippen LogP contribution in [0.5, 0.6) is 5.75 Å². The Hall–Kier alpha value is -1.11. The van der Waals surface area contributed by atoms with Crippen LogP contribution in [0.4, 0.5) is 0 Å². The Balaban J connectivity index is 2.71. The Morgan fingerprint density at radius 1 is 1.44 bits per heavy atom. The van der Waals surface area contributed by atoms with E-state index in [2.05, 4.69) is 5.32 Å². The van der Waals surface area contributed by atoms with Gasteiger partial charge in [0.05, 0.1) is 12.9 Å². The van der Waals surface area contributed by atoms with E-state index in [-0.39, 0.29) is 11.8 Å². The fourth-order valence-electron chi connectivity index (χ4n) is 1.72. The lowest BCUT2D eigenvalue weighted by molar-refractivity contribution is 0.402. The van der Waals surface area contributed by atoms with Gasteiger partial charge in [-0.1, -0.05) is 17.7 Å². The third-order valence-electron chi connectivity index (χ3n) is 2.69. The van der Waals surface area contributed by atoms with Gasteiger partial charge in [-0.3, -0.25) is 0 Å². The van der Waals surface area contributed by atoms with Crippen LogP contribution >= 0.6 is 0 Å². The number of rotatable bonds is 6. The molecule has 0 amide bonds. The van der Waals surface area contributed by atoms with Crippen LogP contribution < -0.4 is 15.2 Å². The van der Waals surface area contributed by atoms with Gasteiger partial charge in [0, 0.05) is 18.2 Å². The van der Waals surface area contributed by atoms with Crippen molar-refractivity contribution in [2.75, 3.05) is 19.4 Å². The molecule has 0 bridgehead atoms. The molecule has 102 valence electrons. The first-order chi connectivity index (χ1) is 8.33. The van der Waals surface area contributed by atoms with Gasteiger partial charge in [0.1, 0.15) is 5.75 Å². The van der Waals surface area contributed by atoms with Crippen molar-refractivity contribution in [1.29, 1.82) is 0 Å². The van der Waals surface area contributed by atoms with E-state index in [1.807, 2.05) is 32.0 Å². The molecule has 0 fully saturated rings. The Morgan fingerprint density at radius 2 is 2.11 bits per heavy atom. The van der Waals surface area contributed by atoms with Gasteiger partial charge in [-0.15, -0.1) is 0 Å². The number of ether oxygens (including phenoxy) is 1. The maximum absolute atomic E-state index is 10.8. The van der Waals surface area contributed by atoms with Crippen LogP contribution in [0.25, 0.3) is 0 Å². The minimum atomic E-state index is -3.42. The second-order valence-electron chi connectivity index (χ2n) is 4.29. The van der Waals surface area contributed by atoms with Crippen molar-refractivity contribution in [2.45, 2.75) is 19.9 Å². The van der Waals surface area contributed by atoms with Crippen molar-refractivity contribution in [3.63, 3.8) is 0 Å². The molecule has 0 aromatic heterocycles. The minimum Gasteiger partial charge on any atom is -0.496 e. The lowest BCUT2D eigenvalue weighted by Gasteiger charge is -2.17. The van der Waals surface area contributed by atoms with Crippen molar-refractivity contribution < 1.29 is 13.2 Å². The number of hydrogen-bond acceptors (Lipinski definition) is 4. The molecule has 0 aliphatic heterocycles. The van der Waals surface area contributed by atoms with E-state index in [1.54, 1.807) is 7.11 Å². The second kappa shape index (κ2) is 6.17. The van der Waals surface area contributed by atoms with Crippen LogP contribution in [0.15, 0.2) is 18.2 Å². The van der Waals surface area contributed by atoms with E-state index in [0.29, 0.717) is 6.54 Å². The molecule has 1 unspecified atom stereocenters. The molecule has 0 saturated carbocycles. The average Bonchev–Trinajstić information content (AvgIpc) is 2.27. The van der Waals surface area contributed by atoms with E-state index in [1.165, 1.54) is 0 Å². The number of hydrogen-bond donors (Lipinski definition) is 2. The summed E-state index contributed by atoms with van der Waals surface area (Å²) < 4.78 is 27.0. The largest absolute Gasteiger partial charge is 0.496 e. The maximum atomic E-state index is 10.8. The molecule has 1 aromatic rings. The quantitative estimate of drug-likeness (QED) is 0.807. The highest BCUT2D eigenvalue weighted by Gasteiger charge is 2.12. The molecule has 0 saturated heterocycles. The van der Waals surface area contributed by atoms with Crippen LogP contribution in [0.2, 0.25) is 0 Å². The summed E-state index contributed by atoms with van der Waals surface area (Å²) in [7, 11) is -1.80. The predicted molar refractivity (Wildman–Crippen MR) is 72.1 cm³/mol. The molecule has 1 aromatic carbocycles. The summed E-state index contributed by atoms with van der Waals surface area (Å²) in [5.74, 6) is 0.710. The zero-order chi connectivity index (χ0) is 13.8. The number of methoxy groups -OCH3 is 1. The summed E-state index contributed by atoms with van der Waals surface area (Å²) in [4.78, 5) is 0. The van der Waals surface area contributed by atoms with Crippen LogP contribution in [-0.4, -0.2) is 27.8 Å². The highest BCUT2D eigenvalue weighted by molar-refractivity contribution is 7.89. The molecule has 0 aliphatic rings. The summed E-state index contributed by atoms with van der Waals surface area (Å²) >= 11 is 0. The van der Waals surface area contributed by atoms with E-state index >= 15 is 0 Å². The van der Waals surface area contributed by atoms with E-state index < -0.39 is 10.0 Å². The van der Waals surface area contributed by atoms with Gasteiger partial charge in [0.15, 0.2) is 0 Å². The van der Waals surface area contributed by atoms with E-state index in [9.17, 15) is 8.42 Å². The van der Waals surface area contributed by atoms with Crippen LogP contribution in [0, 0.1) is 6.92 Å². The zero-order valence-electron chi connectivity index (χ0n) is 10.9. The third-order valence-corrected chi connectivity index (χ3v) is 3.46. The standard InChI is InChI=1S/C12H20N2O3S/c1-9-4-5-12(17-3)11(8-9)10(2)14-6-7-18(13,15)16/h4-5,8,10,14H,6-7H2,1-3H3,(H2,13,15,16). The second-order valence-corrected chi connectivity index (χ2v) is 6.02. The number of primary sulfonamides is 1. The highest BCUT2D eigenvalue weighted by Crippen LogP contribution is 2.25. The maximum Gasteiger partial charge on any atom is 0.210 e. The first kappa shape index (κ1) is 14.9. The van der Waals surface area contributed by atoms with Crippen molar-refractivity contribution in [3.8, 4) is 5.75 Å². The first-order valence-electron chi connectivity index (χ1n) is 5.72. The summed E-state index contributed by atoms with van der Waals surface area (Å²) in [5.41, 5.74) is 2.14. The molecule has 0 spiro atoms. The van der Waals surface area contributed by atoms with Crippen LogP contribution in [0.1, 0.15) is 24.1 Å². The Kier molecular flexibility index (Phi) is 5.13. The molecule has 0 radical (unpaired) electrons. The number of nitrogens with two attached hydrogens (primary N) is 1. The fraction of sp³-hybridized carbons (Fsp3) is 0.500. The van der Waals surface area contributed by atoms with Crippen molar-refractivity contribution >= 4 is 10.0 Å². The van der Waals surface area contributed by atoms with Gasteiger partial charge in [0.25, 0.3) is 0 Å². The molecule has 6 heteroatoms. The molecule has 3 N–H and O–H groups in total. The van der Waals surface area contributed by atoms with Crippen molar-refractivity contribution in [3.05, 3.63) is 29.3 Å². The fourth-order valence-corrected chi connectivity index (χ4v) is 2.12. The van der Waals surface area contributed by atoms with Gasteiger partial charge in [-0.05, 0) is 19.9 Å². The third kappa shape index (κ3) is 4.64. The molecular formula is C12H20N2O3S.